The fourth-order valence-electron chi connectivity index (χ4n) is 1.18. The van der Waals surface area contributed by atoms with E-state index < -0.39 is 15.9 Å². The van der Waals surface area contributed by atoms with Crippen molar-refractivity contribution in [3.05, 3.63) is 18.3 Å². The van der Waals surface area contributed by atoms with Crippen LogP contribution in [0.25, 0.3) is 0 Å². The van der Waals surface area contributed by atoms with E-state index in [2.05, 4.69) is 15.0 Å². The van der Waals surface area contributed by atoms with Crippen molar-refractivity contribution >= 4 is 21.7 Å². The van der Waals surface area contributed by atoms with Gasteiger partial charge in [-0.1, -0.05) is 0 Å². The molecule has 0 saturated carbocycles. The Bertz CT molecular complexity index is 501. The van der Waals surface area contributed by atoms with Gasteiger partial charge in [0.1, 0.15) is 10.7 Å². The zero-order chi connectivity index (χ0) is 12.9. The summed E-state index contributed by atoms with van der Waals surface area (Å²) in [5.41, 5.74) is 4.92. The number of nitrogens with zero attached hydrogens (tertiary/aromatic N) is 1. The maximum atomic E-state index is 11.9. The second kappa shape index (κ2) is 5.60. The number of pyridine rings is 1. The SMILES string of the molecule is CNc1ncccc1S(=O)(=O)NCCC(N)=O. The number of nitrogens with two attached hydrogens (primary N) is 1. The van der Waals surface area contributed by atoms with Crippen LogP contribution in [0.5, 0.6) is 0 Å². The van der Waals surface area contributed by atoms with Crippen LogP contribution >= 0.6 is 0 Å². The van der Waals surface area contributed by atoms with Gasteiger partial charge in [0.2, 0.25) is 15.9 Å². The normalized spacial score (nSPS) is 11.1. The molecule has 1 rings (SSSR count). The highest BCUT2D eigenvalue weighted by atomic mass is 32.2. The lowest BCUT2D eigenvalue weighted by Gasteiger charge is -2.09. The molecule has 0 bridgehead atoms. The molecule has 0 radical (unpaired) electrons. The Balaban J connectivity index is 2.86. The first-order valence-corrected chi connectivity index (χ1v) is 6.36. The first-order valence-electron chi connectivity index (χ1n) is 4.88. The number of rotatable bonds is 6. The number of carbonyl (C=O) groups excluding carboxylic acids is 1. The molecule has 0 spiro atoms. The Hall–Kier alpha value is -1.67. The van der Waals surface area contributed by atoms with Crippen LogP contribution in [-0.2, 0) is 14.8 Å². The highest BCUT2D eigenvalue weighted by molar-refractivity contribution is 7.89. The summed E-state index contributed by atoms with van der Waals surface area (Å²) in [4.78, 5) is 14.4. The summed E-state index contributed by atoms with van der Waals surface area (Å²) in [6.07, 6.45) is 1.43. The topological polar surface area (TPSA) is 114 Å². The van der Waals surface area contributed by atoms with Crippen molar-refractivity contribution in [3.63, 3.8) is 0 Å². The van der Waals surface area contributed by atoms with Gasteiger partial charge in [0, 0.05) is 26.2 Å². The Morgan fingerprint density at radius 3 is 2.82 bits per heavy atom. The molecule has 4 N–H and O–H groups in total. The van der Waals surface area contributed by atoms with E-state index in [9.17, 15) is 13.2 Å². The Kier molecular flexibility index (Phi) is 4.41. The maximum absolute atomic E-state index is 11.9. The number of hydrogen-bond acceptors (Lipinski definition) is 5. The molecule has 0 atom stereocenters. The van der Waals surface area contributed by atoms with Gasteiger partial charge in [-0.2, -0.15) is 0 Å². The van der Waals surface area contributed by atoms with E-state index in [0.29, 0.717) is 0 Å². The first kappa shape index (κ1) is 13.4. The van der Waals surface area contributed by atoms with Gasteiger partial charge in [-0.05, 0) is 12.1 Å². The number of anilines is 1. The lowest BCUT2D eigenvalue weighted by atomic mass is 10.4. The molecule has 1 aromatic rings. The van der Waals surface area contributed by atoms with Crippen molar-refractivity contribution in [3.8, 4) is 0 Å². The molecule has 0 aromatic carbocycles. The van der Waals surface area contributed by atoms with Gasteiger partial charge in [-0.15, -0.1) is 0 Å². The van der Waals surface area contributed by atoms with Crippen molar-refractivity contribution < 1.29 is 13.2 Å². The predicted molar refractivity (Wildman–Crippen MR) is 62.8 cm³/mol. The number of hydrogen-bond donors (Lipinski definition) is 3. The molecule has 1 aromatic heterocycles. The van der Waals surface area contributed by atoms with Crippen molar-refractivity contribution in [2.45, 2.75) is 11.3 Å². The van der Waals surface area contributed by atoms with Gasteiger partial charge in [0.15, 0.2) is 0 Å². The number of carbonyl (C=O) groups is 1. The average molecular weight is 258 g/mol. The first-order chi connectivity index (χ1) is 7.97. The minimum atomic E-state index is -3.68. The number of amides is 1. The Labute approximate surface area is 99.5 Å². The van der Waals surface area contributed by atoms with Crippen LogP contribution in [-0.4, -0.2) is 32.9 Å². The molecule has 0 aliphatic heterocycles. The zero-order valence-corrected chi connectivity index (χ0v) is 10.1. The summed E-state index contributed by atoms with van der Waals surface area (Å²) >= 11 is 0. The van der Waals surface area contributed by atoms with Crippen LogP contribution in [0.1, 0.15) is 6.42 Å². The van der Waals surface area contributed by atoms with Crippen molar-refractivity contribution in [2.75, 3.05) is 18.9 Å². The molecule has 17 heavy (non-hydrogen) atoms. The van der Waals surface area contributed by atoms with Gasteiger partial charge >= 0.3 is 0 Å². The fraction of sp³-hybridized carbons (Fsp3) is 0.333. The van der Waals surface area contributed by atoms with E-state index in [1.807, 2.05) is 0 Å². The van der Waals surface area contributed by atoms with Gasteiger partial charge in [-0.25, -0.2) is 18.1 Å². The van der Waals surface area contributed by atoms with E-state index in [-0.39, 0.29) is 23.7 Å². The van der Waals surface area contributed by atoms with Crippen molar-refractivity contribution in [1.29, 1.82) is 0 Å². The average Bonchev–Trinajstić information content (AvgIpc) is 2.28. The van der Waals surface area contributed by atoms with Crippen molar-refractivity contribution in [2.24, 2.45) is 5.73 Å². The Morgan fingerprint density at radius 1 is 1.53 bits per heavy atom. The third-order valence-corrected chi connectivity index (χ3v) is 3.45. The van der Waals surface area contributed by atoms with Crippen LogP contribution in [0.4, 0.5) is 5.82 Å². The summed E-state index contributed by atoms with van der Waals surface area (Å²) in [6, 6.07) is 2.94. The van der Waals surface area contributed by atoms with Crippen LogP contribution in [0.2, 0.25) is 0 Å². The molecule has 7 nitrogen and oxygen atoms in total. The molecule has 0 aliphatic carbocycles. The van der Waals surface area contributed by atoms with Crippen LogP contribution in [0.3, 0.4) is 0 Å². The monoisotopic (exact) mass is 258 g/mol. The molecular weight excluding hydrogens is 244 g/mol. The van der Waals surface area contributed by atoms with Gasteiger partial charge in [0.05, 0.1) is 0 Å². The minimum Gasteiger partial charge on any atom is -0.372 e. The van der Waals surface area contributed by atoms with Gasteiger partial charge in [0.25, 0.3) is 0 Å². The molecule has 94 valence electrons. The van der Waals surface area contributed by atoms with E-state index in [4.69, 9.17) is 5.73 Å². The summed E-state index contributed by atoms with van der Waals surface area (Å²) < 4.78 is 26.0. The van der Waals surface area contributed by atoms with E-state index in [1.54, 1.807) is 7.05 Å². The molecule has 8 heteroatoms. The second-order valence-corrected chi connectivity index (χ2v) is 4.95. The lowest BCUT2D eigenvalue weighted by molar-refractivity contribution is -0.117. The standard InChI is InChI=1S/C9H14N4O3S/c1-11-9-7(3-2-5-12-9)17(15,16)13-6-4-8(10)14/h2-3,5,13H,4,6H2,1H3,(H2,10,14)(H,11,12). The molecule has 0 fully saturated rings. The third-order valence-electron chi connectivity index (χ3n) is 1.96. The molecule has 0 unspecified atom stereocenters. The van der Waals surface area contributed by atoms with Crippen molar-refractivity contribution in [1.82, 2.24) is 9.71 Å². The van der Waals surface area contributed by atoms with Gasteiger partial charge in [-0.3, -0.25) is 4.79 Å². The predicted octanol–water partition coefficient (Wildman–Crippen LogP) is -0.723. The summed E-state index contributed by atoms with van der Waals surface area (Å²) in [5, 5.41) is 2.68. The molecular formula is C9H14N4O3S. The second-order valence-electron chi connectivity index (χ2n) is 3.21. The smallest absolute Gasteiger partial charge is 0.244 e. The third kappa shape index (κ3) is 3.68. The quantitative estimate of drug-likeness (QED) is 0.623. The van der Waals surface area contributed by atoms with Crippen LogP contribution in [0, 0.1) is 0 Å². The largest absolute Gasteiger partial charge is 0.372 e. The minimum absolute atomic E-state index is 0.0320. The number of aromatic nitrogens is 1. The maximum Gasteiger partial charge on any atom is 0.244 e. The highest BCUT2D eigenvalue weighted by Gasteiger charge is 2.18. The van der Waals surface area contributed by atoms with E-state index in [1.165, 1.54) is 18.3 Å². The molecule has 1 heterocycles. The zero-order valence-electron chi connectivity index (χ0n) is 9.30. The summed E-state index contributed by atoms with van der Waals surface area (Å²) in [7, 11) is -2.11. The van der Waals surface area contributed by atoms with E-state index >= 15 is 0 Å². The molecule has 0 saturated heterocycles. The van der Waals surface area contributed by atoms with E-state index in [0.717, 1.165) is 0 Å². The number of primary amides is 1. The molecule has 1 amide bonds. The Morgan fingerprint density at radius 2 is 2.24 bits per heavy atom. The fourth-order valence-corrected chi connectivity index (χ4v) is 2.37. The lowest BCUT2D eigenvalue weighted by Crippen LogP contribution is -2.28. The summed E-state index contributed by atoms with van der Waals surface area (Å²) in [5.74, 6) is -0.313. The molecule has 0 aliphatic rings. The summed E-state index contributed by atoms with van der Waals surface area (Å²) in [6.45, 7) is -0.0320. The highest BCUT2D eigenvalue weighted by Crippen LogP contribution is 2.16. The number of nitrogens with one attached hydrogen (secondary N) is 2. The number of sulfonamides is 1. The van der Waals surface area contributed by atoms with Gasteiger partial charge < -0.3 is 11.1 Å². The van der Waals surface area contributed by atoms with Crippen LogP contribution in [0.15, 0.2) is 23.2 Å². The van der Waals surface area contributed by atoms with Crippen LogP contribution < -0.4 is 15.8 Å².